The fourth-order valence-electron chi connectivity index (χ4n) is 2.26. The maximum Gasteiger partial charge on any atom is 0.245 e. The van der Waals surface area contributed by atoms with Gasteiger partial charge in [0.1, 0.15) is 0 Å². The smallest absolute Gasteiger partial charge is 0.245 e. The molecule has 1 heterocycles. The maximum absolute atomic E-state index is 5.89. The first-order valence-corrected chi connectivity index (χ1v) is 9.14. The monoisotopic (exact) mass is 379 g/mol. The number of nitrogens with zero attached hydrogens (tertiary/aromatic N) is 2. The summed E-state index contributed by atoms with van der Waals surface area (Å²) in [7, 11) is 3.25. The first-order valence-electron chi connectivity index (χ1n) is 7.13. The van der Waals surface area contributed by atoms with Crippen LogP contribution in [0.1, 0.15) is 0 Å². The number of halogens is 1. The SMILES string of the molecule is CN(C)c1ccc(NP2OCCN2c2ccc(Br)cc2)cc1. The lowest BCUT2D eigenvalue weighted by atomic mass is 10.3. The van der Waals surface area contributed by atoms with E-state index in [1.807, 2.05) is 14.1 Å². The van der Waals surface area contributed by atoms with Crippen molar-refractivity contribution < 1.29 is 4.52 Å². The van der Waals surface area contributed by atoms with Crippen LogP contribution in [0.3, 0.4) is 0 Å². The second-order valence-electron chi connectivity index (χ2n) is 5.26. The minimum atomic E-state index is -0.841. The first kappa shape index (κ1) is 15.6. The highest BCUT2D eigenvalue weighted by Crippen LogP contribution is 2.48. The van der Waals surface area contributed by atoms with Gasteiger partial charge in [-0.25, -0.2) is 0 Å². The zero-order chi connectivity index (χ0) is 15.5. The highest BCUT2D eigenvalue weighted by Gasteiger charge is 2.27. The minimum absolute atomic E-state index is 0.755. The quantitative estimate of drug-likeness (QED) is 0.779. The summed E-state index contributed by atoms with van der Waals surface area (Å²) in [5.74, 6) is 0. The van der Waals surface area contributed by atoms with Crippen molar-refractivity contribution in [2.45, 2.75) is 0 Å². The second kappa shape index (κ2) is 6.86. The fraction of sp³-hybridized carbons (Fsp3) is 0.250. The Morgan fingerprint density at radius 1 is 1.09 bits per heavy atom. The summed E-state index contributed by atoms with van der Waals surface area (Å²) in [5, 5.41) is 3.51. The van der Waals surface area contributed by atoms with Crippen LogP contribution in [0.25, 0.3) is 0 Å². The molecule has 4 nitrogen and oxygen atoms in total. The lowest BCUT2D eigenvalue weighted by Gasteiger charge is -2.25. The van der Waals surface area contributed by atoms with Crippen LogP contribution < -0.4 is 14.7 Å². The summed E-state index contributed by atoms with van der Waals surface area (Å²) in [5.41, 5.74) is 3.46. The van der Waals surface area contributed by atoms with Gasteiger partial charge in [0, 0.05) is 42.2 Å². The Hall–Kier alpha value is -1.29. The van der Waals surface area contributed by atoms with Gasteiger partial charge in [-0.3, -0.25) is 0 Å². The largest absolute Gasteiger partial charge is 0.378 e. The van der Waals surface area contributed by atoms with Gasteiger partial charge in [0.2, 0.25) is 8.45 Å². The Morgan fingerprint density at radius 2 is 1.77 bits per heavy atom. The maximum atomic E-state index is 5.89. The molecular weight excluding hydrogens is 361 g/mol. The van der Waals surface area contributed by atoms with Crippen LogP contribution in [0.5, 0.6) is 0 Å². The molecule has 1 atom stereocenters. The molecule has 6 heteroatoms. The Labute approximate surface area is 141 Å². The molecule has 1 unspecified atom stereocenters. The van der Waals surface area contributed by atoms with Crippen LogP contribution in [-0.4, -0.2) is 27.2 Å². The molecule has 0 amide bonds. The third-order valence-corrected chi connectivity index (χ3v) is 5.74. The summed E-state index contributed by atoms with van der Waals surface area (Å²) in [6.45, 7) is 1.67. The molecule has 1 saturated heterocycles. The van der Waals surface area contributed by atoms with Gasteiger partial charge in [-0.15, -0.1) is 0 Å². The zero-order valence-electron chi connectivity index (χ0n) is 12.7. The van der Waals surface area contributed by atoms with Crippen LogP contribution in [0, 0.1) is 0 Å². The zero-order valence-corrected chi connectivity index (χ0v) is 15.1. The Bertz CT molecular complexity index is 618. The molecule has 1 aliphatic heterocycles. The minimum Gasteiger partial charge on any atom is -0.378 e. The van der Waals surface area contributed by atoms with Crippen molar-refractivity contribution in [1.29, 1.82) is 0 Å². The van der Waals surface area contributed by atoms with Crippen molar-refractivity contribution in [1.82, 2.24) is 0 Å². The summed E-state index contributed by atoms with van der Waals surface area (Å²) >= 11 is 3.48. The van der Waals surface area contributed by atoms with Gasteiger partial charge in [0.05, 0.1) is 6.61 Å². The number of benzene rings is 2. The standard InChI is InChI=1S/C16H19BrN3OP/c1-19(2)15-9-5-14(6-10-15)18-22-20(11-12-21-22)16-7-3-13(17)4-8-16/h3-10,18H,11-12H2,1-2H3. The molecule has 0 spiro atoms. The molecule has 0 aliphatic carbocycles. The van der Waals surface area contributed by atoms with E-state index in [-0.39, 0.29) is 0 Å². The van der Waals surface area contributed by atoms with Gasteiger partial charge < -0.3 is 19.2 Å². The highest BCUT2D eigenvalue weighted by atomic mass is 79.9. The lowest BCUT2D eigenvalue weighted by Crippen LogP contribution is -2.15. The number of rotatable bonds is 4. The summed E-state index contributed by atoms with van der Waals surface area (Å²) in [4.78, 5) is 2.09. The van der Waals surface area contributed by atoms with E-state index in [0.717, 1.165) is 23.3 Å². The predicted octanol–water partition coefficient (Wildman–Crippen LogP) is 4.69. The summed E-state index contributed by atoms with van der Waals surface area (Å²) in [6, 6.07) is 16.8. The van der Waals surface area contributed by atoms with Gasteiger partial charge in [0.15, 0.2) is 0 Å². The van der Waals surface area contributed by atoms with E-state index in [1.165, 1.54) is 11.4 Å². The number of anilines is 3. The molecule has 0 saturated carbocycles. The van der Waals surface area contributed by atoms with Crippen molar-refractivity contribution in [3.8, 4) is 0 Å². The second-order valence-corrected chi connectivity index (χ2v) is 7.69. The van der Waals surface area contributed by atoms with Gasteiger partial charge in [-0.1, -0.05) is 15.9 Å². The van der Waals surface area contributed by atoms with E-state index in [9.17, 15) is 0 Å². The Balaban J connectivity index is 1.72. The highest BCUT2D eigenvalue weighted by molar-refractivity contribution is 9.10. The Morgan fingerprint density at radius 3 is 2.41 bits per heavy atom. The van der Waals surface area contributed by atoms with Crippen LogP contribution in [0.4, 0.5) is 17.1 Å². The van der Waals surface area contributed by atoms with E-state index in [4.69, 9.17) is 4.52 Å². The average Bonchev–Trinajstić information content (AvgIpc) is 2.97. The third kappa shape index (κ3) is 3.54. The normalized spacial score (nSPS) is 17.6. The summed E-state index contributed by atoms with van der Waals surface area (Å²) in [6.07, 6.45) is 0. The van der Waals surface area contributed by atoms with Gasteiger partial charge in [-0.2, -0.15) is 0 Å². The molecule has 1 aliphatic rings. The number of hydrogen-bond donors (Lipinski definition) is 1. The molecular formula is C16H19BrN3OP. The van der Waals surface area contributed by atoms with Crippen LogP contribution >= 0.6 is 24.4 Å². The molecule has 116 valence electrons. The molecule has 2 aromatic carbocycles. The van der Waals surface area contributed by atoms with Crippen molar-refractivity contribution >= 4 is 41.4 Å². The lowest BCUT2D eigenvalue weighted by molar-refractivity contribution is 0.400. The molecule has 1 fully saturated rings. The van der Waals surface area contributed by atoms with Gasteiger partial charge in [0.25, 0.3) is 0 Å². The van der Waals surface area contributed by atoms with Crippen LogP contribution in [0.15, 0.2) is 53.0 Å². The van der Waals surface area contributed by atoms with Crippen LogP contribution in [0.2, 0.25) is 0 Å². The molecule has 3 rings (SSSR count). The third-order valence-electron chi connectivity index (χ3n) is 3.47. The van der Waals surface area contributed by atoms with E-state index in [0.29, 0.717) is 0 Å². The topological polar surface area (TPSA) is 27.7 Å². The number of nitrogens with one attached hydrogen (secondary N) is 1. The van der Waals surface area contributed by atoms with Crippen molar-refractivity contribution in [2.75, 3.05) is 41.9 Å². The van der Waals surface area contributed by atoms with Gasteiger partial charge >= 0.3 is 0 Å². The van der Waals surface area contributed by atoms with E-state index >= 15 is 0 Å². The molecule has 0 bridgehead atoms. The fourth-order valence-corrected chi connectivity index (χ4v) is 4.08. The van der Waals surface area contributed by atoms with Crippen molar-refractivity contribution in [2.24, 2.45) is 0 Å². The van der Waals surface area contributed by atoms with Crippen molar-refractivity contribution in [3.63, 3.8) is 0 Å². The van der Waals surface area contributed by atoms with E-state index in [1.54, 1.807) is 0 Å². The summed E-state index contributed by atoms with van der Waals surface area (Å²) < 4.78 is 9.27. The van der Waals surface area contributed by atoms with E-state index < -0.39 is 8.45 Å². The molecule has 2 aromatic rings. The molecule has 1 N–H and O–H groups in total. The van der Waals surface area contributed by atoms with E-state index in [2.05, 4.69) is 79.1 Å². The van der Waals surface area contributed by atoms with Crippen molar-refractivity contribution in [3.05, 3.63) is 53.0 Å². The first-order chi connectivity index (χ1) is 10.6. The van der Waals surface area contributed by atoms with Crippen LogP contribution in [-0.2, 0) is 4.52 Å². The molecule has 22 heavy (non-hydrogen) atoms. The van der Waals surface area contributed by atoms with Gasteiger partial charge in [-0.05, 0) is 48.5 Å². The molecule has 0 aromatic heterocycles. The average molecular weight is 380 g/mol. The molecule has 0 radical (unpaired) electrons. The predicted molar refractivity (Wildman–Crippen MR) is 98.8 cm³/mol. The Kier molecular flexibility index (Phi) is 4.87. The number of hydrogen-bond acceptors (Lipinski definition) is 4.